The third-order valence-electron chi connectivity index (χ3n) is 5.45. The minimum atomic E-state index is -0.487. The highest BCUT2D eigenvalue weighted by Gasteiger charge is 2.36. The number of anilines is 1. The Balaban J connectivity index is 1.70. The van der Waals surface area contributed by atoms with E-state index in [1.54, 1.807) is 55.8 Å². The van der Waals surface area contributed by atoms with Gasteiger partial charge in [-0.15, -0.1) is 0 Å². The first kappa shape index (κ1) is 21.2. The topological polar surface area (TPSA) is 106 Å². The summed E-state index contributed by atoms with van der Waals surface area (Å²) in [5, 5.41) is 2.89. The standard InChI is InChI=1S/C23H24N4O5/c1-30-16-7-8-19(31-2)17(12-16)21-20-18(24-13-25-20)9-10-27(21)23(29)26-15-6-4-5-14(11-15)22(28)32-3/h4-8,11-13,21H,9-10H2,1-3H3,(H,24,25)(H,26,29)/t21-/m0/s1. The number of hydrogen-bond acceptors (Lipinski definition) is 6. The average Bonchev–Trinajstić information content (AvgIpc) is 3.31. The van der Waals surface area contributed by atoms with E-state index in [2.05, 4.69) is 15.3 Å². The minimum absolute atomic E-state index is 0.324. The smallest absolute Gasteiger partial charge is 0.337 e. The molecule has 9 nitrogen and oxygen atoms in total. The van der Waals surface area contributed by atoms with Gasteiger partial charge in [-0.25, -0.2) is 14.6 Å². The zero-order chi connectivity index (χ0) is 22.7. The third-order valence-corrected chi connectivity index (χ3v) is 5.45. The zero-order valence-electron chi connectivity index (χ0n) is 18.0. The van der Waals surface area contributed by atoms with E-state index in [0.717, 1.165) is 17.0 Å². The second-order valence-electron chi connectivity index (χ2n) is 7.22. The number of aromatic amines is 1. The van der Waals surface area contributed by atoms with Gasteiger partial charge in [-0.1, -0.05) is 6.07 Å². The lowest BCUT2D eigenvalue weighted by Gasteiger charge is -2.36. The maximum atomic E-state index is 13.4. The second kappa shape index (κ2) is 9.01. The van der Waals surface area contributed by atoms with Gasteiger partial charge in [0, 0.05) is 29.9 Å². The van der Waals surface area contributed by atoms with Crippen molar-refractivity contribution < 1.29 is 23.8 Å². The van der Waals surface area contributed by atoms with Crippen LogP contribution in [0, 0.1) is 0 Å². The highest BCUT2D eigenvalue weighted by molar-refractivity contribution is 5.94. The Labute approximate surface area is 185 Å². The maximum Gasteiger partial charge on any atom is 0.337 e. The number of carbonyl (C=O) groups excluding carboxylic acids is 2. The monoisotopic (exact) mass is 436 g/mol. The molecule has 0 aliphatic carbocycles. The number of nitrogens with zero attached hydrogens (tertiary/aromatic N) is 2. The Morgan fingerprint density at radius 3 is 2.72 bits per heavy atom. The van der Waals surface area contributed by atoms with Crippen molar-refractivity contribution in [1.29, 1.82) is 0 Å². The number of methoxy groups -OCH3 is 3. The number of rotatable bonds is 5. The number of fused-ring (bicyclic) bond motifs is 1. The molecule has 0 saturated carbocycles. The number of carbonyl (C=O) groups is 2. The summed E-state index contributed by atoms with van der Waals surface area (Å²) in [5.74, 6) is 0.797. The molecule has 0 fully saturated rings. The molecule has 0 bridgehead atoms. The van der Waals surface area contributed by atoms with Crippen LogP contribution in [0.3, 0.4) is 0 Å². The molecule has 2 N–H and O–H groups in total. The third kappa shape index (κ3) is 3.96. The fraction of sp³-hybridized carbons (Fsp3) is 0.261. The summed E-state index contributed by atoms with van der Waals surface area (Å²) in [5.41, 5.74) is 3.32. The van der Waals surface area contributed by atoms with Crippen LogP contribution < -0.4 is 14.8 Å². The second-order valence-corrected chi connectivity index (χ2v) is 7.22. The zero-order valence-corrected chi connectivity index (χ0v) is 18.0. The highest BCUT2D eigenvalue weighted by atomic mass is 16.5. The van der Waals surface area contributed by atoms with E-state index in [1.807, 2.05) is 12.1 Å². The summed E-state index contributed by atoms with van der Waals surface area (Å²) in [4.78, 5) is 34.6. The molecule has 2 aromatic carbocycles. The molecular formula is C23H24N4O5. The first-order chi connectivity index (χ1) is 15.5. The molecule has 0 saturated heterocycles. The van der Waals surface area contributed by atoms with Crippen LogP contribution in [0.4, 0.5) is 10.5 Å². The molecule has 1 aliphatic rings. The van der Waals surface area contributed by atoms with Gasteiger partial charge in [-0.05, 0) is 36.4 Å². The highest BCUT2D eigenvalue weighted by Crippen LogP contribution is 2.39. The van der Waals surface area contributed by atoms with Crippen molar-refractivity contribution in [2.45, 2.75) is 12.5 Å². The molecule has 1 aromatic heterocycles. The lowest BCUT2D eigenvalue weighted by molar-refractivity contribution is 0.0600. The number of amides is 2. The molecular weight excluding hydrogens is 412 g/mol. The summed E-state index contributed by atoms with van der Waals surface area (Å²) in [7, 11) is 4.49. The summed E-state index contributed by atoms with van der Waals surface area (Å²) in [6.07, 6.45) is 2.26. The molecule has 1 atom stereocenters. The van der Waals surface area contributed by atoms with Gasteiger partial charge in [0.05, 0.1) is 38.9 Å². The van der Waals surface area contributed by atoms with Gasteiger partial charge in [0.2, 0.25) is 0 Å². The van der Waals surface area contributed by atoms with E-state index < -0.39 is 12.0 Å². The van der Waals surface area contributed by atoms with Crippen molar-refractivity contribution >= 4 is 17.7 Å². The number of aromatic nitrogens is 2. The summed E-state index contributed by atoms with van der Waals surface area (Å²) < 4.78 is 15.8. The Morgan fingerprint density at radius 2 is 1.97 bits per heavy atom. The van der Waals surface area contributed by atoms with Crippen LogP contribution in [0.2, 0.25) is 0 Å². The molecule has 0 radical (unpaired) electrons. The minimum Gasteiger partial charge on any atom is -0.497 e. The van der Waals surface area contributed by atoms with Crippen molar-refractivity contribution in [3.05, 3.63) is 71.3 Å². The van der Waals surface area contributed by atoms with Crippen molar-refractivity contribution in [2.24, 2.45) is 0 Å². The molecule has 166 valence electrons. The fourth-order valence-corrected chi connectivity index (χ4v) is 3.90. The van der Waals surface area contributed by atoms with Gasteiger partial charge >= 0.3 is 12.0 Å². The van der Waals surface area contributed by atoms with E-state index in [1.165, 1.54) is 7.11 Å². The van der Waals surface area contributed by atoms with Crippen molar-refractivity contribution in [1.82, 2.24) is 14.9 Å². The predicted octanol–water partition coefficient (Wildman–Crippen LogP) is 3.39. The number of nitrogens with one attached hydrogen (secondary N) is 2. The molecule has 3 aromatic rings. The summed E-state index contributed by atoms with van der Waals surface area (Å²) in [6, 6.07) is 11.3. The predicted molar refractivity (Wildman–Crippen MR) is 117 cm³/mol. The number of ether oxygens (including phenoxy) is 3. The fourth-order valence-electron chi connectivity index (χ4n) is 3.90. The molecule has 0 spiro atoms. The average molecular weight is 436 g/mol. The van der Waals surface area contributed by atoms with Crippen LogP contribution in [-0.2, 0) is 11.2 Å². The quantitative estimate of drug-likeness (QED) is 0.594. The molecule has 9 heteroatoms. The first-order valence-corrected chi connectivity index (χ1v) is 10.1. The molecule has 32 heavy (non-hydrogen) atoms. The van der Waals surface area contributed by atoms with Crippen LogP contribution >= 0.6 is 0 Å². The lowest BCUT2D eigenvalue weighted by atomic mass is 9.95. The molecule has 1 aliphatic heterocycles. The van der Waals surface area contributed by atoms with E-state index in [-0.39, 0.29) is 6.03 Å². The van der Waals surface area contributed by atoms with Crippen molar-refractivity contribution in [3.63, 3.8) is 0 Å². The maximum absolute atomic E-state index is 13.4. The van der Waals surface area contributed by atoms with Gasteiger partial charge in [0.25, 0.3) is 0 Å². The van der Waals surface area contributed by atoms with E-state index in [4.69, 9.17) is 14.2 Å². The number of imidazole rings is 1. The molecule has 0 unspecified atom stereocenters. The normalized spacial score (nSPS) is 15.0. The van der Waals surface area contributed by atoms with Crippen LogP contribution in [-0.4, -0.2) is 54.7 Å². The molecule has 4 rings (SSSR count). The molecule has 2 amide bonds. The van der Waals surface area contributed by atoms with Crippen LogP contribution in [0.25, 0.3) is 0 Å². The number of benzene rings is 2. The van der Waals surface area contributed by atoms with Gasteiger partial charge in [-0.2, -0.15) is 0 Å². The van der Waals surface area contributed by atoms with Gasteiger partial charge in [-0.3, -0.25) is 0 Å². The van der Waals surface area contributed by atoms with Crippen molar-refractivity contribution in [3.8, 4) is 11.5 Å². The number of esters is 1. The number of hydrogen-bond donors (Lipinski definition) is 2. The number of H-pyrrole nitrogens is 1. The Morgan fingerprint density at radius 1 is 1.12 bits per heavy atom. The molecule has 2 heterocycles. The van der Waals surface area contributed by atoms with Gasteiger partial charge < -0.3 is 29.4 Å². The van der Waals surface area contributed by atoms with Crippen LogP contribution in [0.15, 0.2) is 48.8 Å². The van der Waals surface area contributed by atoms with Crippen LogP contribution in [0.1, 0.15) is 33.4 Å². The van der Waals surface area contributed by atoms with E-state index >= 15 is 0 Å². The van der Waals surface area contributed by atoms with E-state index in [9.17, 15) is 9.59 Å². The summed E-state index contributed by atoms with van der Waals surface area (Å²) >= 11 is 0. The number of urea groups is 1. The lowest BCUT2D eigenvalue weighted by Crippen LogP contribution is -2.43. The Bertz CT molecular complexity index is 1140. The van der Waals surface area contributed by atoms with Crippen LogP contribution in [0.5, 0.6) is 11.5 Å². The Hall–Kier alpha value is -4.01. The first-order valence-electron chi connectivity index (χ1n) is 10.1. The van der Waals surface area contributed by atoms with E-state index in [0.29, 0.717) is 35.7 Å². The summed E-state index contributed by atoms with van der Waals surface area (Å²) in [6.45, 7) is 0.461. The Kier molecular flexibility index (Phi) is 5.98. The largest absolute Gasteiger partial charge is 0.497 e. The van der Waals surface area contributed by atoms with Gasteiger partial charge in [0.15, 0.2) is 0 Å². The van der Waals surface area contributed by atoms with Gasteiger partial charge in [0.1, 0.15) is 17.5 Å². The van der Waals surface area contributed by atoms with Crippen molar-refractivity contribution in [2.75, 3.05) is 33.2 Å². The SMILES string of the molecule is COC(=O)c1cccc(NC(=O)N2CCc3[nH]cnc3[C@@H]2c2cc(OC)ccc2OC)c1.